The molecule has 0 unspecified atom stereocenters. The number of carbonyl (C=O) groups excluding carboxylic acids is 1. The molecule has 0 saturated heterocycles. The van der Waals surface area contributed by atoms with Crippen LogP contribution in [0.1, 0.15) is 47.4 Å². The molecule has 1 aromatic heterocycles. The minimum atomic E-state index is -0.0591. The number of aromatic nitrogens is 1. The van der Waals surface area contributed by atoms with Crippen molar-refractivity contribution in [3.05, 3.63) is 51.5 Å². The predicted octanol–water partition coefficient (Wildman–Crippen LogP) is 3.29. The summed E-state index contributed by atoms with van der Waals surface area (Å²) in [6.07, 6.45) is 0.757. The van der Waals surface area contributed by atoms with E-state index in [0.717, 1.165) is 22.7 Å². The van der Waals surface area contributed by atoms with Crippen LogP contribution in [0.4, 0.5) is 0 Å². The van der Waals surface area contributed by atoms with E-state index in [1.165, 1.54) is 0 Å². The normalized spacial score (nSPS) is 11.0. The minimum Gasteiger partial charge on any atom is -0.352 e. The zero-order valence-corrected chi connectivity index (χ0v) is 15.4. The van der Waals surface area contributed by atoms with Gasteiger partial charge in [-0.15, -0.1) is 23.7 Å². The van der Waals surface area contributed by atoms with Crippen molar-refractivity contribution in [2.24, 2.45) is 5.73 Å². The van der Waals surface area contributed by atoms with Gasteiger partial charge in [0.05, 0.1) is 10.7 Å². The SMILES string of the molecule is CC(C)(C)c1csc(CCNC(=O)c2ccc(CN)cc2)n1.Cl. The highest BCUT2D eigenvalue weighted by molar-refractivity contribution is 7.09. The number of hydrogen-bond acceptors (Lipinski definition) is 4. The van der Waals surface area contributed by atoms with Crippen LogP contribution in [0.15, 0.2) is 29.6 Å². The predicted molar refractivity (Wildman–Crippen MR) is 98.4 cm³/mol. The van der Waals surface area contributed by atoms with Crippen LogP contribution in [0, 0.1) is 0 Å². The number of rotatable bonds is 5. The first-order chi connectivity index (χ1) is 10.4. The van der Waals surface area contributed by atoms with Crippen LogP contribution in [0.3, 0.4) is 0 Å². The third-order valence-electron chi connectivity index (χ3n) is 3.40. The summed E-state index contributed by atoms with van der Waals surface area (Å²) in [6, 6.07) is 7.37. The van der Waals surface area contributed by atoms with E-state index in [1.54, 1.807) is 23.5 Å². The molecule has 6 heteroatoms. The number of nitrogens with one attached hydrogen (secondary N) is 1. The van der Waals surface area contributed by atoms with E-state index >= 15 is 0 Å². The second kappa shape index (κ2) is 8.43. The first-order valence-corrected chi connectivity index (χ1v) is 8.30. The average molecular weight is 354 g/mol. The maximum atomic E-state index is 12.0. The topological polar surface area (TPSA) is 68.0 Å². The van der Waals surface area contributed by atoms with E-state index in [9.17, 15) is 4.79 Å². The molecule has 0 aliphatic rings. The highest BCUT2D eigenvalue weighted by atomic mass is 35.5. The molecule has 0 bridgehead atoms. The molecule has 4 nitrogen and oxygen atoms in total. The van der Waals surface area contributed by atoms with Gasteiger partial charge in [-0.3, -0.25) is 4.79 Å². The van der Waals surface area contributed by atoms with Crippen LogP contribution in [0.5, 0.6) is 0 Å². The standard InChI is InChI=1S/C17H23N3OS.ClH/c1-17(2,3)14-11-22-15(20-14)8-9-19-16(21)13-6-4-12(10-18)5-7-13;/h4-7,11H,8-10,18H2,1-3H3,(H,19,21);1H. The van der Waals surface area contributed by atoms with Crippen molar-refractivity contribution < 1.29 is 4.79 Å². The summed E-state index contributed by atoms with van der Waals surface area (Å²) >= 11 is 1.65. The van der Waals surface area contributed by atoms with Crippen molar-refractivity contribution in [3.8, 4) is 0 Å². The lowest BCUT2D eigenvalue weighted by molar-refractivity contribution is 0.0954. The Balaban J connectivity index is 0.00000264. The molecule has 1 amide bonds. The summed E-state index contributed by atoms with van der Waals surface area (Å²) in [5.41, 5.74) is 8.41. The maximum Gasteiger partial charge on any atom is 0.251 e. The number of carbonyl (C=O) groups is 1. The highest BCUT2D eigenvalue weighted by Gasteiger charge is 2.17. The summed E-state index contributed by atoms with van der Waals surface area (Å²) in [5.74, 6) is -0.0591. The Morgan fingerprint density at radius 3 is 2.43 bits per heavy atom. The average Bonchev–Trinajstić information content (AvgIpc) is 2.96. The first-order valence-electron chi connectivity index (χ1n) is 7.42. The molecule has 0 aliphatic carbocycles. The molecular formula is C17H24ClN3OS. The molecule has 0 radical (unpaired) electrons. The van der Waals surface area contributed by atoms with Gasteiger partial charge in [-0.2, -0.15) is 0 Å². The van der Waals surface area contributed by atoms with Crippen molar-refractivity contribution in [2.45, 2.75) is 39.2 Å². The van der Waals surface area contributed by atoms with Crippen LogP contribution in [0.25, 0.3) is 0 Å². The summed E-state index contributed by atoms with van der Waals surface area (Å²) in [5, 5.41) is 6.09. The molecule has 1 heterocycles. The Hall–Kier alpha value is -1.43. The molecule has 1 aromatic carbocycles. The molecule has 0 aliphatic heterocycles. The summed E-state index contributed by atoms with van der Waals surface area (Å²) < 4.78 is 0. The van der Waals surface area contributed by atoms with Crippen LogP contribution < -0.4 is 11.1 Å². The van der Waals surface area contributed by atoms with E-state index in [-0.39, 0.29) is 23.7 Å². The largest absolute Gasteiger partial charge is 0.352 e. The molecule has 2 rings (SSSR count). The van der Waals surface area contributed by atoms with Crippen molar-refractivity contribution in [1.29, 1.82) is 0 Å². The first kappa shape index (κ1) is 19.6. The second-order valence-corrected chi connectivity index (χ2v) is 7.23. The van der Waals surface area contributed by atoms with Gasteiger partial charge in [-0.05, 0) is 17.7 Å². The van der Waals surface area contributed by atoms with E-state index in [2.05, 4.69) is 36.5 Å². The zero-order valence-electron chi connectivity index (χ0n) is 13.8. The number of halogens is 1. The summed E-state index contributed by atoms with van der Waals surface area (Å²) in [7, 11) is 0. The number of hydrogen-bond donors (Lipinski definition) is 2. The Labute approximate surface area is 147 Å². The fraction of sp³-hybridized carbons (Fsp3) is 0.412. The number of nitrogens with two attached hydrogens (primary N) is 1. The van der Waals surface area contributed by atoms with Gasteiger partial charge >= 0.3 is 0 Å². The molecule has 3 N–H and O–H groups in total. The Morgan fingerprint density at radius 1 is 1.26 bits per heavy atom. The van der Waals surface area contributed by atoms with E-state index in [4.69, 9.17) is 5.73 Å². The third kappa shape index (κ3) is 5.61. The lowest BCUT2D eigenvalue weighted by atomic mass is 9.93. The van der Waals surface area contributed by atoms with Gasteiger partial charge in [0.1, 0.15) is 0 Å². The Morgan fingerprint density at radius 2 is 1.91 bits per heavy atom. The van der Waals surface area contributed by atoms with Crippen molar-refractivity contribution >= 4 is 29.7 Å². The van der Waals surface area contributed by atoms with Crippen LogP contribution in [-0.2, 0) is 18.4 Å². The fourth-order valence-corrected chi connectivity index (χ4v) is 2.97. The highest BCUT2D eigenvalue weighted by Crippen LogP contribution is 2.23. The smallest absolute Gasteiger partial charge is 0.251 e. The van der Waals surface area contributed by atoms with Gasteiger partial charge in [0.25, 0.3) is 5.91 Å². The van der Waals surface area contributed by atoms with Gasteiger partial charge in [0.2, 0.25) is 0 Å². The van der Waals surface area contributed by atoms with Gasteiger partial charge in [-0.1, -0.05) is 32.9 Å². The van der Waals surface area contributed by atoms with E-state index < -0.39 is 0 Å². The zero-order chi connectivity index (χ0) is 16.2. The van der Waals surface area contributed by atoms with Crippen molar-refractivity contribution in [3.63, 3.8) is 0 Å². The van der Waals surface area contributed by atoms with E-state index in [0.29, 0.717) is 18.7 Å². The number of amides is 1. The van der Waals surface area contributed by atoms with Crippen molar-refractivity contribution in [2.75, 3.05) is 6.54 Å². The van der Waals surface area contributed by atoms with Gasteiger partial charge in [0.15, 0.2) is 0 Å². The summed E-state index contributed by atoms with van der Waals surface area (Å²) in [4.78, 5) is 16.7. The monoisotopic (exact) mass is 353 g/mol. The summed E-state index contributed by atoms with van der Waals surface area (Å²) in [6.45, 7) is 7.53. The molecule has 2 aromatic rings. The Kier molecular flexibility index (Phi) is 7.19. The van der Waals surface area contributed by atoms with Crippen LogP contribution in [-0.4, -0.2) is 17.4 Å². The number of nitrogens with zero attached hydrogens (tertiary/aromatic N) is 1. The molecule has 126 valence electrons. The quantitative estimate of drug-likeness (QED) is 0.866. The minimum absolute atomic E-state index is 0. The van der Waals surface area contributed by atoms with Crippen LogP contribution in [0.2, 0.25) is 0 Å². The molecule has 0 atom stereocenters. The lowest BCUT2D eigenvalue weighted by Gasteiger charge is -2.14. The fourth-order valence-electron chi connectivity index (χ4n) is 1.95. The molecule has 0 spiro atoms. The van der Waals surface area contributed by atoms with Gasteiger partial charge in [0, 0.05) is 35.9 Å². The van der Waals surface area contributed by atoms with E-state index in [1.807, 2.05) is 12.1 Å². The second-order valence-electron chi connectivity index (χ2n) is 6.28. The number of thiazole rings is 1. The molecule has 0 saturated carbocycles. The maximum absolute atomic E-state index is 12.0. The lowest BCUT2D eigenvalue weighted by Crippen LogP contribution is -2.25. The third-order valence-corrected chi connectivity index (χ3v) is 4.31. The molecule has 0 fully saturated rings. The number of benzene rings is 1. The van der Waals surface area contributed by atoms with Gasteiger partial charge in [-0.25, -0.2) is 4.98 Å². The van der Waals surface area contributed by atoms with Crippen molar-refractivity contribution in [1.82, 2.24) is 10.3 Å². The van der Waals surface area contributed by atoms with Gasteiger partial charge < -0.3 is 11.1 Å². The molecule has 23 heavy (non-hydrogen) atoms. The Bertz CT molecular complexity index is 632. The van der Waals surface area contributed by atoms with Crippen LogP contribution >= 0.6 is 23.7 Å². The molecular weight excluding hydrogens is 330 g/mol.